The van der Waals surface area contributed by atoms with E-state index in [1.165, 1.54) is 31.5 Å². The predicted molar refractivity (Wildman–Crippen MR) is 86.0 cm³/mol. The highest BCUT2D eigenvalue weighted by molar-refractivity contribution is 7.15. The lowest BCUT2D eigenvalue weighted by Gasteiger charge is -2.37. The third-order valence-electron chi connectivity index (χ3n) is 4.51. The van der Waals surface area contributed by atoms with Crippen LogP contribution in [0.4, 0.5) is 5.13 Å². The van der Waals surface area contributed by atoms with Crippen LogP contribution in [0.5, 0.6) is 0 Å². The Morgan fingerprint density at radius 1 is 1.10 bits per heavy atom. The number of nitrogens with zero attached hydrogens (tertiary/aromatic N) is 4. The van der Waals surface area contributed by atoms with Crippen molar-refractivity contribution in [1.29, 1.82) is 0 Å². The minimum atomic E-state index is 0.736. The minimum Gasteiger partial charge on any atom is -0.344 e. The Bertz CT molecular complexity index is 597. The van der Waals surface area contributed by atoms with Crippen LogP contribution in [0.3, 0.4) is 0 Å². The number of benzene rings is 1. The Morgan fingerprint density at radius 2 is 2.00 bits per heavy atom. The molecule has 4 rings (SSSR count). The second-order valence-electron chi connectivity index (χ2n) is 5.92. The fourth-order valence-electron chi connectivity index (χ4n) is 3.38. The molecule has 2 aliphatic heterocycles. The lowest BCUT2D eigenvalue weighted by molar-refractivity contribution is 0.231. The van der Waals surface area contributed by atoms with Gasteiger partial charge in [-0.1, -0.05) is 41.7 Å². The average Bonchev–Trinajstić information content (AvgIpc) is 3.16. The van der Waals surface area contributed by atoms with E-state index in [0.29, 0.717) is 0 Å². The number of piperazine rings is 1. The van der Waals surface area contributed by atoms with Crippen LogP contribution in [-0.4, -0.2) is 47.3 Å². The molecule has 0 aliphatic carbocycles. The molecule has 2 fully saturated rings. The summed E-state index contributed by atoms with van der Waals surface area (Å²) in [7, 11) is 0. The van der Waals surface area contributed by atoms with Crippen LogP contribution in [0, 0.1) is 0 Å². The summed E-state index contributed by atoms with van der Waals surface area (Å²) in [6.07, 6.45) is 3.59. The van der Waals surface area contributed by atoms with Crippen molar-refractivity contribution in [3.05, 3.63) is 40.9 Å². The van der Waals surface area contributed by atoms with Gasteiger partial charge in [0.05, 0.1) is 0 Å². The highest BCUT2D eigenvalue weighted by atomic mass is 32.1. The van der Waals surface area contributed by atoms with Gasteiger partial charge < -0.3 is 4.90 Å². The molecule has 0 amide bonds. The number of hydrogen-bond donors (Lipinski definition) is 0. The van der Waals surface area contributed by atoms with Crippen LogP contribution in [0.2, 0.25) is 0 Å². The SMILES string of the molecule is c1ccc(Cc2nnc(N3CCN4CCCC4C3)s2)cc1. The van der Waals surface area contributed by atoms with Crippen molar-refractivity contribution < 1.29 is 0 Å². The van der Waals surface area contributed by atoms with Crippen LogP contribution < -0.4 is 4.90 Å². The molecular formula is C16H20N4S. The Labute approximate surface area is 129 Å². The highest BCUT2D eigenvalue weighted by Crippen LogP contribution is 2.28. The Kier molecular flexibility index (Phi) is 3.61. The van der Waals surface area contributed by atoms with Gasteiger partial charge in [0, 0.05) is 32.1 Å². The molecule has 110 valence electrons. The topological polar surface area (TPSA) is 32.3 Å². The summed E-state index contributed by atoms with van der Waals surface area (Å²) in [6.45, 7) is 4.68. The van der Waals surface area contributed by atoms with E-state index in [4.69, 9.17) is 0 Å². The van der Waals surface area contributed by atoms with Crippen LogP contribution in [0.25, 0.3) is 0 Å². The van der Waals surface area contributed by atoms with Crippen molar-refractivity contribution in [1.82, 2.24) is 15.1 Å². The smallest absolute Gasteiger partial charge is 0.208 e. The molecular weight excluding hydrogens is 280 g/mol. The van der Waals surface area contributed by atoms with Gasteiger partial charge in [-0.2, -0.15) is 0 Å². The molecule has 5 heteroatoms. The molecule has 21 heavy (non-hydrogen) atoms. The monoisotopic (exact) mass is 300 g/mol. The third kappa shape index (κ3) is 2.80. The van der Waals surface area contributed by atoms with E-state index in [9.17, 15) is 0 Å². The standard InChI is InChI=1S/C16H20N4S/c1-2-5-13(6-3-1)11-15-17-18-16(21-15)20-10-9-19-8-4-7-14(19)12-20/h1-3,5-6,14H,4,7-12H2. The molecule has 3 heterocycles. The van der Waals surface area contributed by atoms with E-state index in [-0.39, 0.29) is 0 Å². The Hall–Kier alpha value is -1.46. The summed E-state index contributed by atoms with van der Waals surface area (Å²) in [6, 6.07) is 11.3. The van der Waals surface area contributed by atoms with Gasteiger partial charge in [-0.15, -0.1) is 10.2 Å². The number of anilines is 1. The van der Waals surface area contributed by atoms with E-state index < -0.39 is 0 Å². The lowest BCUT2D eigenvalue weighted by atomic mass is 10.2. The second-order valence-corrected chi connectivity index (χ2v) is 6.96. The van der Waals surface area contributed by atoms with Crippen molar-refractivity contribution >= 4 is 16.5 Å². The third-order valence-corrected chi connectivity index (χ3v) is 5.50. The van der Waals surface area contributed by atoms with Crippen molar-refractivity contribution in [2.24, 2.45) is 0 Å². The maximum Gasteiger partial charge on any atom is 0.208 e. The Morgan fingerprint density at radius 3 is 2.90 bits per heavy atom. The van der Waals surface area contributed by atoms with Gasteiger partial charge in [0.25, 0.3) is 0 Å². The first kappa shape index (κ1) is 13.2. The van der Waals surface area contributed by atoms with E-state index in [1.807, 2.05) is 0 Å². The zero-order chi connectivity index (χ0) is 14.1. The lowest BCUT2D eigenvalue weighted by Crippen LogP contribution is -2.50. The largest absolute Gasteiger partial charge is 0.344 e. The van der Waals surface area contributed by atoms with Crippen LogP contribution >= 0.6 is 11.3 Å². The molecule has 0 saturated carbocycles. The van der Waals surface area contributed by atoms with Gasteiger partial charge in [0.1, 0.15) is 5.01 Å². The zero-order valence-electron chi connectivity index (χ0n) is 12.1. The maximum atomic E-state index is 4.43. The molecule has 2 aromatic rings. The molecule has 2 saturated heterocycles. The Balaban J connectivity index is 1.44. The summed E-state index contributed by atoms with van der Waals surface area (Å²) in [5.41, 5.74) is 1.31. The second kappa shape index (κ2) is 5.73. The average molecular weight is 300 g/mol. The van der Waals surface area contributed by atoms with Gasteiger partial charge >= 0.3 is 0 Å². The van der Waals surface area contributed by atoms with Crippen molar-refractivity contribution in [3.63, 3.8) is 0 Å². The van der Waals surface area contributed by atoms with E-state index in [0.717, 1.165) is 35.7 Å². The summed E-state index contributed by atoms with van der Waals surface area (Å²) < 4.78 is 0. The first-order chi connectivity index (χ1) is 10.4. The molecule has 0 N–H and O–H groups in total. The quantitative estimate of drug-likeness (QED) is 0.871. The maximum absolute atomic E-state index is 4.43. The first-order valence-corrected chi connectivity index (χ1v) is 8.55. The molecule has 1 aromatic carbocycles. The summed E-state index contributed by atoms with van der Waals surface area (Å²) in [5, 5.41) is 11.0. The van der Waals surface area contributed by atoms with E-state index in [1.54, 1.807) is 11.3 Å². The van der Waals surface area contributed by atoms with Gasteiger partial charge in [-0.25, -0.2) is 0 Å². The number of hydrogen-bond acceptors (Lipinski definition) is 5. The van der Waals surface area contributed by atoms with Gasteiger partial charge in [0.2, 0.25) is 5.13 Å². The molecule has 0 spiro atoms. The molecule has 1 aromatic heterocycles. The van der Waals surface area contributed by atoms with E-state index >= 15 is 0 Å². The summed E-state index contributed by atoms with van der Waals surface area (Å²) in [4.78, 5) is 5.06. The summed E-state index contributed by atoms with van der Waals surface area (Å²) >= 11 is 1.75. The normalized spacial score (nSPS) is 22.5. The van der Waals surface area contributed by atoms with Gasteiger partial charge in [0.15, 0.2) is 0 Å². The van der Waals surface area contributed by atoms with Crippen LogP contribution in [-0.2, 0) is 6.42 Å². The minimum absolute atomic E-state index is 0.736. The highest BCUT2D eigenvalue weighted by Gasteiger charge is 2.31. The van der Waals surface area contributed by atoms with Crippen molar-refractivity contribution in [3.8, 4) is 0 Å². The fraction of sp³-hybridized carbons (Fsp3) is 0.500. The van der Waals surface area contributed by atoms with Gasteiger partial charge in [-0.3, -0.25) is 4.90 Å². The zero-order valence-corrected chi connectivity index (χ0v) is 12.9. The van der Waals surface area contributed by atoms with Gasteiger partial charge in [-0.05, 0) is 24.9 Å². The molecule has 2 aliphatic rings. The van der Waals surface area contributed by atoms with Crippen LogP contribution in [0.15, 0.2) is 30.3 Å². The molecule has 1 atom stereocenters. The fourth-order valence-corrected chi connectivity index (χ4v) is 4.29. The van der Waals surface area contributed by atoms with E-state index in [2.05, 4.69) is 50.3 Å². The predicted octanol–water partition coefficient (Wildman–Crippen LogP) is 2.41. The molecule has 4 nitrogen and oxygen atoms in total. The number of fused-ring (bicyclic) bond motifs is 1. The summed E-state index contributed by atoms with van der Waals surface area (Å²) in [5.74, 6) is 0. The van der Waals surface area contributed by atoms with Crippen LogP contribution in [0.1, 0.15) is 23.4 Å². The molecule has 0 bridgehead atoms. The number of aromatic nitrogens is 2. The number of rotatable bonds is 3. The molecule has 0 radical (unpaired) electrons. The van der Waals surface area contributed by atoms with Crippen molar-refractivity contribution in [2.45, 2.75) is 25.3 Å². The van der Waals surface area contributed by atoms with Crippen molar-refractivity contribution in [2.75, 3.05) is 31.1 Å². The first-order valence-electron chi connectivity index (χ1n) is 7.74. The molecule has 1 unspecified atom stereocenters.